The molecule has 1 aromatic carbocycles. The molecule has 0 saturated heterocycles. The van der Waals surface area contributed by atoms with Crippen LogP contribution in [0.3, 0.4) is 0 Å². The number of hydrogen-bond acceptors (Lipinski definition) is 3. The van der Waals surface area contributed by atoms with Crippen molar-refractivity contribution in [1.29, 1.82) is 0 Å². The van der Waals surface area contributed by atoms with Gasteiger partial charge in [0.05, 0.1) is 5.69 Å². The first-order valence-electron chi connectivity index (χ1n) is 5.91. The molecule has 0 spiro atoms. The number of benzene rings is 1. The molecule has 0 fully saturated rings. The van der Waals surface area contributed by atoms with Crippen LogP contribution in [-0.4, -0.2) is 15.7 Å². The lowest BCUT2D eigenvalue weighted by molar-refractivity contribution is 0.102. The van der Waals surface area contributed by atoms with Crippen LogP contribution in [0.25, 0.3) is 0 Å². The van der Waals surface area contributed by atoms with Crippen LogP contribution in [0.1, 0.15) is 23.0 Å². The molecule has 1 heterocycles. The van der Waals surface area contributed by atoms with Crippen molar-refractivity contribution in [3.63, 3.8) is 0 Å². The van der Waals surface area contributed by atoms with E-state index >= 15 is 0 Å². The first kappa shape index (κ1) is 13.1. The van der Waals surface area contributed by atoms with Crippen molar-refractivity contribution in [2.45, 2.75) is 20.4 Å². The summed E-state index contributed by atoms with van der Waals surface area (Å²) in [5.41, 5.74) is 7.26. The second kappa shape index (κ2) is 5.09. The summed E-state index contributed by atoms with van der Waals surface area (Å²) in [4.78, 5) is 12.0. The molecule has 1 aromatic heterocycles. The number of carbonyl (C=O) groups excluding carboxylic acids is 1. The third-order valence-corrected chi connectivity index (χ3v) is 2.63. The summed E-state index contributed by atoms with van der Waals surface area (Å²) < 4.78 is 14.8. The molecule has 0 saturated carbocycles. The Labute approximate surface area is 110 Å². The SMILES string of the molecule is CCn1cc(N)c(C(=O)Nc2cc(C)cc(F)c2)n1. The zero-order chi connectivity index (χ0) is 14.0. The van der Waals surface area contributed by atoms with Crippen LogP contribution in [0.15, 0.2) is 24.4 Å². The number of rotatable bonds is 3. The Balaban J connectivity index is 2.22. The molecule has 0 aliphatic heterocycles. The number of nitrogens with two attached hydrogens (primary N) is 1. The summed E-state index contributed by atoms with van der Waals surface area (Å²) >= 11 is 0. The summed E-state index contributed by atoms with van der Waals surface area (Å²) in [6, 6.07) is 4.31. The number of halogens is 1. The maximum absolute atomic E-state index is 13.2. The minimum absolute atomic E-state index is 0.142. The van der Waals surface area contributed by atoms with Gasteiger partial charge in [-0.25, -0.2) is 4.39 Å². The van der Waals surface area contributed by atoms with Gasteiger partial charge in [0.15, 0.2) is 5.69 Å². The third-order valence-electron chi connectivity index (χ3n) is 2.63. The highest BCUT2D eigenvalue weighted by Gasteiger charge is 2.15. The van der Waals surface area contributed by atoms with Gasteiger partial charge in [-0.2, -0.15) is 5.10 Å². The fourth-order valence-electron chi connectivity index (χ4n) is 1.77. The molecule has 0 radical (unpaired) electrons. The van der Waals surface area contributed by atoms with Gasteiger partial charge in [0.1, 0.15) is 5.82 Å². The van der Waals surface area contributed by atoms with E-state index in [1.807, 2.05) is 6.92 Å². The minimum Gasteiger partial charge on any atom is -0.396 e. The lowest BCUT2D eigenvalue weighted by Gasteiger charge is -2.05. The Morgan fingerprint density at radius 2 is 2.21 bits per heavy atom. The van der Waals surface area contributed by atoms with Crippen molar-refractivity contribution in [2.24, 2.45) is 0 Å². The van der Waals surface area contributed by atoms with E-state index in [0.29, 0.717) is 17.9 Å². The van der Waals surface area contributed by atoms with E-state index in [4.69, 9.17) is 5.73 Å². The van der Waals surface area contributed by atoms with Crippen LogP contribution >= 0.6 is 0 Å². The molecule has 0 aliphatic carbocycles. The number of carbonyl (C=O) groups is 1. The van der Waals surface area contributed by atoms with E-state index in [1.165, 1.54) is 12.1 Å². The van der Waals surface area contributed by atoms with E-state index in [9.17, 15) is 9.18 Å². The van der Waals surface area contributed by atoms with E-state index in [-0.39, 0.29) is 5.69 Å². The van der Waals surface area contributed by atoms with Crippen molar-refractivity contribution in [3.05, 3.63) is 41.5 Å². The Bertz CT molecular complexity index is 601. The Kier molecular flexibility index (Phi) is 3.50. The average Bonchev–Trinajstić information content (AvgIpc) is 2.69. The first-order valence-corrected chi connectivity index (χ1v) is 5.91. The zero-order valence-electron chi connectivity index (χ0n) is 10.8. The Morgan fingerprint density at radius 3 is 2.79 bits per heavy atom. The molecule has 1 amide bonds. The van der Waals surface area contributed by atoms with Gasteiger partial charge >= 0.3 is 0 Å². The van der Waals surface area contributed by atoms with Gasteiger partial charge in [0.2, 0.25) is 0 Å². The second-order valence-corrected chi connectivity index (χ2v) is 4.26. The van der Waals surface area contributed by atoms with Crippen molar-refractivity contribution in [1.82, 2.24) is 9.78 Å². The number of aromatic nitrogens is 2. The highest BCUT2D eigenvalue weighted by Crippen LogP contribution is 2.16. The molecule has 3 N–H and O–H groups in total. The maximum Gasteiger partial charge on any atom is 0.278 e. The van der Waals surface area contributed by atoms with Gasteiger partial charge in [-0.1, -0.05) is 0 Å². The van der Waals surface area contributed by atoms with E-state index in [0.717, 1.165) is 5.56 Å². The van der Waals surface area contributed by atoms with Gasteiger partial charge < -0.3 is 11.1 Å². The third kappa shape index (κ3) is 2.90. The Morgan fingerprint density at radius 1 is 1.47 bits per heavy atom. The number of nitrogens with zero attached hydrogens (tertiary/aromatic N) is 2. The van der Waals surface area contributed by atoms with Crippen LogP contribution in [0.2, 0.25) is 0 Å². The zero-order valence-corrected chi connectivity index (χ0v) is 10.8. The molecule has 0 atom stereocenters. The monoisotopic (exact) mass is 262 g/mol. The molecule has 5 nitrogen and oxygen atoms in total. The molecule has 2 rings (SSSR count). The molecule has 6 heteroatoms. The molecular formula is C13H15FN4O. The number of aryl methyl sites for hydroxylation is 2. The summed E-state index contributed by atoms with van der Waals surface area (Å²) in [7, 11) is 0. The molecular weight excluding hydrogens is 247 g/mol. The molecule has 0 unspecified atom stereocenters. The fraction of sp³-hybridized carbons (Fsp3) is 0.231. The van der Waals surface area contributed by atoms with Crippen LogP contribution in [0.4, 0.5) is 15.8 Å². The van der Waals surface area contributed by atoms with Gasteiger partial charge in [0.25, 0.3) is 5.91 Å². The smallest absolute Gasteiger partial charge is 0.278 e. The van der Waals surface area contributed by atoms with Gasteiger partial charge in [-0.05, 0) is 37.6 Å². The highest BCUT2D eigenvalue weighted by atomic mass is 19.1. The number of amides is 1. The number of hydrogen-bond donors (Lipinski definition) is 2. The average molecular weight is 262 g/mol. The maximum atomic E-state index is 13.2. The molecule has 0 aliphatic rings. The van der Waals surface area contributed by atoms with Crippen molar-refractivity contribution in [3.8, 4) is 0 Å². The van der Waals surface area contributed by atoms with E-state index in [2.05, 4.69) is 10.4 Å². The largest absolute Gasteiger partial charge is 0.396 e. The predicted molar refractivity (Wildman–Crippen MR) is 71.4 cm³/mol. The van der Waals surface area contributed by atoms with Crippen molar-refractivity contribution >= 4 is 17.3 Å². The number of anilines is 2. The quantitative estimate of drug-likeness (QED) is 0.890. The van der Waals surface area contributed by atoms with Crippen LogP contribution in [0.5, 0.6) is 0 Å². The van der Waals surface area contributed by atoms with Crippen LogP contribution in [0, 0.1) is 12.7 Å². The lowest BCUT2D eigenvalue weighted by Crippen LogP contribution is -2.15. The molecule has 100 valence electrons. The highest BCUT2D eigenvalue weighted by molar-refractivity contribution is 6.06. The first-order chi connectivity index (χ1) is 8.99. The van der Waals surface area contributed by atoms with E-state index < -0.39 is 11.7 Å². The van der Waals surface area contributed by atoms with Crippen LogP contribution in [-0.2, 0) is 6.54 Å². The standard InChI is InChI=1S/C13H15FN4O/c1-3-18-7-11(15)12(17-18)13(19)16-10-5-8(2)4-9(14)6-10/h4-7H,3,15H2,1-2H3,(H,16,19). The molecule has 2 aromatic rings. The molecule has 0 bridgehead atoms. The fourth-order valence-corrected chi connectivity index (χ4v) is 1.77. The second-order valence-electron chi connectivity index (χ2n) is 4.26. The van der Waals surface area contributed by atoms with E-state index in [1.54, 1.807) is 23.9 Å². The van der Waals surface area contributed by atoms with Gasteiger partial charge in [0, 0.05) is 18.4 Å². The summed E-state index contributed by atoms with van der Waals surface area (Å²) in [6.45, 7) is 4.26. The number of nitrogens with one attached hydrogen (secondary N) is 1. The van der Waals surface area contributed by atoms with Gasteiger partial charge in [-0.3, -0.25) is 9.48 Å². The summed E-state index contributed by atoms with van der Waals surface area (Å²) in [6.07, 6.45) is 1.59. The van der Waals surface area contributed by atoms with Crippen molar-refractivity contribution in [2.75, 3.05) is 11.1 Å². The van der Waals surface area contributed by atoms with Crippen LogP contribution < -0.4 is 11.1 Å². The lowest BCUT2D eigenvalue weighted by atomic mass is 10.2. The predicted octanol–water partition coefficient (Wildman–Crippen LogP) is 2.19. The van der Waals surface area contributed by atoms with Crippen molar-refractivity contribution < 1.29 is 9.18 Å². The summed E-state index contributed by atoms with van der Waals surface area (Å²) in [5.74, 6) is -0.850. The topological polar surface area (TPSA) is 72.9 Å². The molecule has 19 heavy (non-hydrogen) atoms. The normalized spacial score (nSPS) is 10.5. The van der Waals surface area contributed by atoms with Gasteiger partial charge in [-0.15, -0.1) is 0 Å². The Hall–Kier alpha value is -2.37. The minimum atomic E-state index is -0.449. The summed E-state index contributed by atoms with van der Waals surface area (Å²) in [5, 5.41) is 6.64. The number of nitrogen functional groups attached to an aromatic ring is 1.